The lowest BCUT2D eigenvalue weighted by Gasteiger charge is -2.03. The van der Waals surface area contributed by atoms with Gasteiger partial charge < -0.3 is 10.5 Å². The van der Waals surface area contributed by atoms with Crippen LogP contribution in [0.15, 0.2) is 12.7 Å². The molecule has 0 heterocycles. The molecule has 0 aliphatic carbocycles. The first kappa shape index (κ1) is 27.4. The molecule has 0 amide bonds. The van der Waals surface area contributed by atoms with Crippen molar-refractivity contribution < 1.29 is 9.53 Å². The van der Waals surface area contributed by atoms with Crippen LogP contribution in [0.25, 0.3) is 0 Å². The number of carbonyl (C=O) groups excluding carboxylic acids is 1. The van der Waals surface area contributed by atoms with E-state index in [-0.39, 0.29) is 5.97 Å². The van der Waals surface area contributed by atoms with Gasteiger partial charge >= 0.3 is 5.97 Å². The summed E-state index contributed by atoms with van der Waals surface area (Å²) in [6.07, 6.45) is 24.0. The predicted molar refractivity (Wildman–Crippen MR) is 115 cm³/mol. The van der Waals surface area contributed by atoms with E-state index in [2.05, 4.69) is 18.2 Å². The number of hydrogen-bond donors (Lipinski definition) is 1. The summed E-state index contributed by atoms with van der Waals surface area (Å²) in [5, 5.41) is 0. The van der Waals surface area contributed by atoms with Gasteiger partial charge in [-0.3, -0.25) is 0 Å². The van der Waals surface area contributed by atoms with E-state index >= 15 is 0 Å². The zero-order valence-corrected chi connectivity index (χ0v) is 17.9. The molecule has 0 aliphatic heterocycles. The topological polar surface area (TPSA) is 52.3 Å². The Morgan fingerprint density at radius 1 is 0.731 bits per heavy atom. The highest BCUT2D eigenvalue weighted by Gasteiger charge is 1.94. The van der Waals surface area contributed by atoms with Crippen molar-refractivity contribution in [2.45, 2.75) is 117 Å². The first-order chi connectivity index (χ1) is 12.7. The van der Waals surface area contributed by atoms with E-state index in [9.17, 15) is 4.79 Å². The van der Waals surface area contributed by atoms with Crippen LogP contribution in [0.4, 0.5) is 0 Å². The van der Waals surface area contributed by atoms with Gasteiger partial charge in [0, 0.05) is 6.08 Å². The second-order valence-corrected chi connectivity index (χ2v) is 7.05. The van der Waals surface area contributed by atoms with Crippen molar-refractivity contribution in [1.29, 1.82) is 0 Å². The van der Waals surface area contributed by atoms with Crippen molar-refractivity contribution >= 4 is 5.97 Å². The van der Waals surface area contributed by atoms with Crippen LogP contribution in [0.1, 0.15) is 117 Å². The fraction of sp³-hybridized carbons (Fsp3) is 0.870. The lowest BCUT2D eigenvalue weighted by Crippen LogP contribution is -1.97. The Morgan fingerprint density at radius 3 is 1.31 bits per heavy atom. The molecule has 26 heavy (non-hydrogen) atoms. The summed E-state index contributed by atoms with van der Waals surface area (Å²) in [6.45, 7) is 8.54. The van der Waals surface area contributed by atoms with Crippen molar-refractivity contribution in [3.05, 3.63) is 12.7 Å². The first-order valence-electron chi connectivity index (χ1n) is 11.2. The lowest BCUT2D eigenvalue weighted by atomic mass is 10.0. The standard InChI is InChI=1S/C18H39N.C5H8O2/c1-2-3-4-5-6-7-8-9-10-11-12-13-14-15-16-17-18-19;1-3-5(6)7-4-2/h2-19H2,1H3;3H,1,4H2,2H3. The zero-order valence-electron chi connectivity index (χ0n) is 17.9. The van der Waals surface area contributed by atoms with Gasteiger partial charge in [0.2, 0.25) is 0 Å². The van der Waals surface area contributed by atoms with E-state index in [1.165, 1.54) is 103 Å². The molecular formula is C23H47NO2. The third-order valence-corrected chi connectivity index (χ3v) is 4.51. The molecule has 0 bridgehead atoms. The van der Waals surface area contributed by atoms with Gasteiger partial charge in [0.25, 0.3) is 0 Å². The third kappa shape index (κ3) is 28.0. The Kier molecular flexibility index (Phi) is 27.8. The van der Waals surface area contributed by atoms with Crippen LogP contribution in [0.5, 0.6) is 0 Å². The maximum absolute atomic E-state index is 10.1. The summed E-state index contributed by atoms with van der Waals surface area (Å²) in [5.74, 6) is -0.359. The van der Waals surface area contributed by atoms with Crippen molar-refractivity contribution in [1.82, 2.24) is 0 Å². The SMILES string of the molecule is C=CC(=O)OCC.CCCCCCCCCCCCCCCCCCN. The second-order valence-electron chi connectivity index (χ2n) is 7.05. The molecule has 0 aromatic carbocycles. The summed E-state index contributed by atoms with van der Waals surface area (Å²) in [4.78, 5) is 10.1. The molecule has 0 aromatic heterocycles. The van der Waals surface area contributed by atoms with Crippen LogP contribution >= 0.6 is 0 Å². The van der Waals surface area contributed by atoms with E-state index in [4.69, 9.17) is 5.73 Å². The predicted octanol–water partition coefficient (Wildman–Crippen LogP) is 6.94. The minimum Gasteiger partial charge on any atom is -0.463 e. The Morgan fingerprint density at radius 2 is 1.08 bits per heavy atom. The number of rotatable bonds is 18. The molecule has 0 radical (unpaired) electrons. The van der Waals surface area contributed by atoms with Crippen LogP contribution < -0.4 is 5.73 Å². The van der Waals surface area contributed by atoms with Crippen LogP contribution in [-0.2, 0) is 9.53 Å². The molecule has 0 unspecified atom stereocenters. The molecule has 0 saturated heterocycles. The largest absolute Gasteiger partial charge is 0.463 e. The van der Waals surface area contributed by atoms with Gasteiger partial charge in [-0.15, -0.1) is 0 Å². The fourth-order valence-electron chi connectivity index (χ4n) is 2.89. The number of hydrogen-bond acceptors (Lipinski definition) is 3. The summed E-state index contributed by atoms with van der Waals surface area (Å²) in [5.41, 5.74) is 5.48. The fourth-order valence-corrected chi connectivity index (χ4v) is 2.89. The highest BCUT2D eigenvalue weighted by Crippen LogP contribution is 2.13. The van der Waals surface area contributed by atoms with Gasteiger partial charge in [0.05, 0.1) is 6.61 Å². The minimum absolute atomic E-state index is 0.359. The summed E-state index contributed by atoms with van der Waals surface area (Å²) in [6, 6.07) is 0. The zero-order chi connectivity index (χ0) is 19.7. The van der Waals surface area contributed by atoms with Gasteiger partial charge in [-0.05, 0) is 19.9 Å². The quantitative estimate of drug-likeness (QED) is 0.162. The monoisotopic (exact) mass is 369 g/mol. The molecule has 3 heteroatoms. The van der Waals surface area contributed by atoms with Crippen molar-refractivity contribution in [2.75, 3.05) is 13.2 Å². The molecular weight excluding hydrogens is 322 g/mol. The Hall–Kier alpha value is -0.830. The van der Waals surface area contributed by atoms with E-state index in [0.29, 0.717) is 6.61 Å². The van der Waals surface area contributed by atoms with Crippen LogP contribution in [0.2, 0.25) is 0 Å². The summed E-state index contributed by atoms with van der Waals surface area (Å²) >= 11 is 0. The average Bonchev–Trinajstić information content (AvgIpc) is 2.65. The van der Waals surface area contributed by atoms with Crippen molar-refractivity contribution in [2.24, 2.45) is 5.73 Å². The van der Waals surface area contributed by atoms with E-state index in [1.54, 1.807) is 6.92 Å². The molecule has 0 fully saturated rings. The van der Waals surface area contributed by atoms with E-state index in [1.807, 2.05) is 0 Å². The third-order valence-electron chi connectivity index (χ3n) is 4.51. The highest BCUT2D eigenvalue weighted by molar-refractivity contribution is 5.81. The summed E-state index contributed by atoms with van der Waals surface area (Å²) < 4.78 is 4.43. The van der Waals surface area contributed by atoms with Crippen molar-refractivity contribution in [3.8, 4) is 0 Å². The maximum Gasteiger partial charge on any atom is 0.330 e. The smallest absolute Gasteiger partial charge is 0.330 e. The minimum atomic E-state index is -0.359. The average molecular weight is 370 g/mol. The molecule has 0 spiro atoms. The molecule has 0 rings (SSSR count). The van der Waals surface area contributed by atoms with Gasteiger partial charge in [-0.25, -0.2) is 4.79 Å². The molecule has 3 nitrogen and oxygen atoms in total. The van der Waals surface area contributed by atoms with Crippen molar-refractivity contribution in [3.63, 3.8) is 0 Å². The van der Waals surface area contributed by atoms with Crippen LogP contribution in [0.3, 0.4) is 0 Å². The number of nitrogens with two attached hydrogens (primary N) is 1. The molecule has 0 saturated carbocycles. The highest BCUT2D eigenvalue weighted by atomic mass is 16.5. The molecule has 0 atom stereocenters. The first-order valence-corrected chi connectivity index (χ1v) is 11.2. The van der Waals surface area contributed by atoms with Crippen LogP contribution in [-0.4, -0.2) is 19.1 Å². The Balaban J connectivity index is 0. The molecule has 156 valence electrons. The van der Waals surface area contributed by atoms with Gasteiger partial charge in [0.1, 0.15) is 0 Å². The maximum atomic E-state index is 10.1. The molecule has 0 aromatic rings. The molecule has 2 N–H and O–H groups in total. The summed E-state index contributed by atoms with van der Waals surface area (Å²) in [7, 11) is 0. The van der Waals surface area contributed by atoms with Gasteiger partial charge in [-0.2, -0.15) is 0 Å². The number of carbonyl (C=O) groups is 1. The number of esters is 1. The van der Waals surface area contributed by atoms with Gasteiger partial charge in [-0.1, -0.05) is 110 Å². The van der Waals surface area contributed by atoms with Crippen LogP contribution in [0, 0.1) is 0 Å². The Labute approximate surface area is 164 Å². The normalized spacial score (nSPS) is 10.1. The van der Waals surface area contributed by atoms with Gasteiger partial charge in [0.15, 0.2) is 0 Å². The van der Waals surface area contributed by atoms with E-state index in [0.717, 1.165) is 12.6 Å². The Bertz CT molecular complexity index is 263. The molecule has 0 aliphatic rings. The lowest BCUT2D eigenvalue weighted by molar-refractivity contribution is -0.137. The number of unbranched alkanes of at least 4 members (excludes halogenated alkanes) is 15. The number of ether oxygens (including phenoxy) is 1. The van der Waals surface area contributed by atoms with E-state index < -0.39 is 0 Å². The second kappa shape index (κ2) is 26.4.